The minimum absolute atomic E-state index is 0.0416. The summed E-state index contributed by atoms with van der Waals surface area (Å²) in [6.45, 7) is 0.670. The molecule has 0 radical (unpaired) electrons. The van der Waals surface area contributed by atoms with Gasteiger partial charge in [0, 0.05) is 17.1 Å². The summed E-state index contributed by atoms with van der Waals surface area (Å²) in [5.41, 5.74) is 7.70. The Hall–Kier alpha value is -1.49. The maximum atomic E-state index is 13.1. The molecular weight excluding hydrogens is 287 g/mol. The van der Waals surface area contributed by atoms with Crippen molar-refractivity contribution in [1.29, 1.82) is 0 Å². The quantitative estimate of drug-likeness (QED) is 0.480. The number of halogens is 1. The summed E-state index contributed by atoms with van der Waals surface area (Å²) < 4.78 is 13.1. The van der Waals surface area contributed by atoms with E-state index < -0.39 is 0 Å². The highest BCUT2D eigenvalue weighted by Crippen LogP contribution is 2.25. The lowest BCUT2D eigenvalue weighted by molar-refractivity contribution is -0.118. The van der Waals surface area contributed by atoms with Crippen molar-refractivity contribution in [3.63, 3.8) is 0 Å². The predicted molar refractivity (Wildman–Crippen MR) is 85.7 cm³/mol. The van der Waals surface area contributed by atoms with Gasteiger partial charge in [0.15, 0.2) is 0 Å². The van der Waals surface area contributed by atoms with Gasteiger partial charge in [-0.05, 0) is 50.3 Å². The molecule has 3 nitrogen and oxygen atoms in total. The van der Waals surface area contributed by atoms with E-state index in [4.69, 9.17) is 5.73 Å². The van der Waals surface area contributed by atoms with Crippen molar-refractivity contribution >= 4 is 23.4 Å². The molecule has 0 saturated carbocycles. The van der Waals surface area contributed by atoms with E-state index in [1.807, 2.05) is 0 Å². The minimum atomic E-state index is -0.337. The van der Waals surface area contributed by atoms with Crippen molar-refractivity contribution < 1.29 is 9.18 Å². The Morgan fingerprint density at radius 3 is 3.00 bits per heavy atom. The highest BCUT2D eigenvalue weighted by molar-refractivity contribution is 8.00. The molecule has 0 unspecified atom stereocenters. The Kier molecular flexibility index (Phi) is 6.11. The largest absolute Gasteiger partial charge is 0.398 e. The van der Waals surface area contributed by atoms with Crippen LogP contribution >= 0.6 is 11.8 Å². The first-order valence-corrected chi connectivity index (χ1v) is 8.26. The van der Waals surface area contributed by atoms with Gasteiger partial charge in [-0.15, -0.1) is 11.8 Å². The topological polar surface area (TPSA) is 55.1 Å². The number of hydrogen-bond donors (Lipinski definition) is 2. The van der Waals surface area contributed by atoms with E-state index in [0.29, 0.717) is 17.1 Å². The van der Waals surface area contributed by atoms with Gasteiger partial charge in [-0.25, -0.2) is 4.39 Å². The molecule has 1 aliphatic rings. The van der Waals surface area contributed by atoms with Crippen LogP contribution < -0.4 is 11.1 Å². The van der Waals surface area contributed by atoms with E-state index in [1.165, 1.54) is 48.4 Å². The van der Waals surface area contributed by atoms with Crippen LogP contribution in [0.25, 0.3) is 0 Å². The molecule has 2 rings (SSSR count). The molecule has 0 aliphatic heterocycles. The zero-order chi connectivity index (χ0) is 15.1. The zero-order valence-corrected chi connectivity index (χ0v) is 12.8. The predicted octanol–water partition coefficient (Wildman–Crippen LogP) is 3.51. The summed E-state index contributed by atoms with van der Waals surface area (Å²) >= 11 is 1.26. The molecule has 0 aromatic heterocycles. The number of nitrogen functional groups attached to an aromatic ring is 1. The van der Waals surface area contributed by atoms with E-state index in [2.05, 4.69) is 11.4 Å². The number of carbonyl (C=O) groups is 1. The van der Waals surface area contributed by atoms with Crippen LogP contribution in [0, 0.1) is 5.82 Å². The number of amides is 1. The maximum absolute atomic E-state index is 13.1. The lowest BCUT2D eigenvalue weighted by atomic mass is 9.97. The summed E-state index contributed by atoms with van der Waals surface area (Å²) in [7, 11) is 0. The molecule has 21 heavy (non-hydrogen) atoms. The third-order valence-corrected chi connectivity index (χ3v) is 4.56. The molecule has 0 fully saturated rings. The minimum Gasteiger partial charge on any atom is -0.398 e. The van der Waals surface area contributed by atoms with Crippen LogP contribution in [0.1, 0.15) is 32.1 Å². The van der Waals surface area contributed by atoms with E-state index in [-0.39, 0.29) is 17.5 Å². The van der Waals surface area contributed by atoms with Crippen LogP contribution in [-0.4, -0.2) is 18.2 Å². The summed E-state index contributed by atoms with van der Waals surface area (Å²) in [5.74, 6) is -0.122. The summed E-state index contributed by atoms with van der Waals surface area (Å²) in [6.07, 6.45) is 8.08. The summed E-state index contributed by atoms with van der Waals surface area (Å²) in [6, 6.07) is 4.20. The Morgan fingerprint density at radius 1 is 1.38 bits per heavy atom. The highest BCUT2D eigenvalue weighted by Gasteiger charge is 2.07. The SMILES string of the molecule is Nc1ccc(F)cc1SCC(=O)NCCC1=CCCCC1. The smallest absolute Gasteiger partial charge is 0.230 e. The number of anilines is 1. The average Bonchev–Trinajstić information content (AvgIpc) is 2.49. The number of hydrogen-bond acceptors (Lipinski definition) is 3. The molecule has 0 bridgehead atoms. The molecule has 1 amide bonds. The van der Waals surface area contributed by atoms with Gasteiger partial charge in [-0.3, -0.25) is 4.79 Å². The molecule has 1 aromatic carbocycles. The van der Waals surface area contributed by atoms with Gasteiger partial charge in [0.25, 0.3) is 0 Å². The lowest BCUT2D eigenvalue weighted by Crippen LogP contribution is -2.26. The number of nitrogens with one attached hydrogen (secondary N) is 1. The fourth-order valence-electron chi connectivity index (χ4n) is 2.32. The fourth-order valence-corrected chi connectivity index (χ4v) is 3.14. The van der Waals surface area contributed by atoms with Crippen molar-refractivity contribution in [2.24, 2.45) is 0 Å². The van der Waals surface area contributed by atoms with Gasteiger partial charge in [-0.1, -0.05) is 11.6 Å². The highest BCUT2D eigenvalue weighted by atomic mass is 32.2. The zero-order valence-electron chi connectivity index (χ0n) is 12.0. The Bertz CT molecular complexity index is 531. The molecule has 0 heterocycles. The molecule has 114 valence electrons. The molecule has 0 spiro atoms. The van der Waals surface area contributed by atoms with Crippen LogP contribution in [0.5, 0.6) is 0 Å². The molecule has 1 aliphatic carbocycles. The van der Waals surface area contributed by atoms with Crippen molar-refractivity contribution in [2.75, 3.05) is 18.0 Å². The molecule has 5 heteroatoms. The number of benzene rings is 1. The second-order valence-corrected chi connectivity index (χ2v) is 6.20. The third-order valence-electron chi connectivity index (χ3n) is 3.49. The Morgan fingerprint density at radius 2 is 2.24 bits per heavy atom. The lowest BCUT2D eigenvalue weighted by Gasteiger charge is -2.13. The third kappa shape index (κ3) is 5.42. The van der Waals surface area contributed by atoms with E-state index in [1.54, 1.807) is 0 Å². The van der Waals surface area contributed by atoms with Crippen LogP contribution in [-0.2, 0) is 4.79 Å². The van der Waals surface area contributed by atoms with Crippen LogP contribution in [0.3, 0.4) is 0 Å². The first-order valence-electron chi connectivity index (χ1n) is 7.27. The van der Waals surface area contributed by atoms with Crippen molar-refractivity contribution in [3.05, 3.63) is 35.7 Å². The molecule has 0 saturated heterocycles. The Labute approximate surface area is 129 Å². The standard InChI is InChI=1S/C16H21FN2OS/c17-13-6-7-14(18)15(10-13)21-11-16(20)19-9-8-12-4-2-1-3-5-12/h4,6-7,10H,1-3,5,8-9,11,18H2,(H,19,20). The van der Waals surface area contributed by atoms with Gasteiger partial charge in [0.1, 0.15) is 5.82 Å². The van der Waals surface area contributed by atoms with Gasteiger partial charge in [0.2, 0.25) is 5.91 Å². The van der Waals surface area contributed by atoms with Gasteiger partial charge in [-0.2, -0.15) is 0 Å². The Balaban J connectivity index is 1.69. The van der Waals surface area contributed by atoms with Gasteiger partial charge in [0.05, 0.1) is 5.75 Å². The second kappa shape index (κ2) is 8.08. The van der Waals surface area contributed by atoms with E-state index in [9.17, 15) is 9.18 Å². The normalized spacial score (nSPS) is 14.6. The number of allylic oxidation sites excluding steroid dienone is 1. The van der Waals surface area contributed by atoms with Gasteiger partial charge >= 0.3 is 0 Å². The van der Waals surface area contributed by atoms with Crippen LogP contribution in [0.2, 0.25) is 0 Å². The van der Waals surface area contributed by atoms with Crippen molar-refractivity contribution in [3.8, 4) is 0 Å². The van der Waals surface area contributed by atoms with Crippen molar-refractivity contribution in [1.82, 2.24) is 5.32 Å². The summed E-state index contributed by atoms with van der Waals surface area (Å²) in [5, 5.41) is 2.90. The molecule has 0 atom stereocenters. The first kappa shape index (κ1) is 15.9. The molecule has 1 aromatic rings. The second-order valence-electron chi connectivity index (χ2n) is 5.18. The van der Waals surface area contributed by atoms with Crippen LogP contribution in [0.4, 0.5) is 10.1 Å². The number of thioether (sulfide) groups is 1. The van der Waals surface area contributed by atoms with E-state index >= 15 is 0 Å². The molecular formula is C16H21FN2OS. The van der Waals surface area contributed by atoms with Crippen molar-refractivity contribution in [2.45, 2.75) is 37.0 Å². The monoisotopic (exact) mass is 308 g/mol. The first-order chi connectivity index (χ1) is 10.1. The average molecular weight is 308 g/mol. The molecule has 3 N–H and O–H groups in total. The van der Waals surface area contributed by atoms with Gasteiger partial charge < -0.3 is 11.1 Å². The fraction of sp³-hybridized carbons (Fsp3) is 0.438. The van der Waals surface area contributed by atoms with Crippen LogP contribution in [0.15, 0.2) is 34.7 Å². The number of carbonyl (C=O) groups excluding carboxylic acids is 1. The number of nitrogens with two attached hydrogens (primary N) is 1. The summed E-state index contributed by atoms with van der Waals surface area (Å²) in [4.78, 5) is 12.4. The number of rotatable bonds is 6. The van der Waals surface area contributed by atoms with E-state index in [0.717, 1.165) is 19.3 Å². The maximum Gasteiger partial charge on any atom is 0.230 e.